The fourth-order valence-corrected chi connectivity index (χ4v) is 1.99. The fourth-order valence-electron chi connectivity index (χ4n) is 1.99. The summed E-state index contributed by atoms with van der Waals surface area (Å²) in [7, 11) is 0. The number of rotatable bonds is 4. The summed E-state index contributed by atoms with van der Waals surface area (Å²) in [5.74, 6) is -0.433. The molecule has 1 fully saturated rings. The largest absolute Gasteiger partial charge is 0.416 e. The summed E-state index contributed by atoms with van der Waals surface area (Å²) in [6.45, 7) is 2.13. The van der Waals surface area contributed by atoms with Gasteiger partial charge in [-0.05, 0) is 37.0 Å². The molecule has 2 atom stereocenters. The van der Waals surface area contributed by atoms with Crippen LogP contribution in [0.4, 0.5) is 13.2 Å². The summed E-state index contributed by atoms with van der Waals surface area (Å²) in [5, 5.41) is 0. The van der Waals surface area contributed by atoms with Gasteiger partial charge in [0.15, 0.2) is 0 Å². The highest BCUT2D eigenvalue weighted by atomic mass is 19.4. The van der Waals surface area contributed by atoms with Crippen molar-refractivity contribution in [1.29, 1.82) is 0 Å². The van der Waals surface area contributed by atoms with E-state index in [4.69, 9.17) is 4.84 Å². The summed E-state index contributed by atoms with van der Waals surface area (Å²) in [5.41, 5.74) is 2.39. The predicted molar refractivity (Wildman–Crippen MR) is 62.1 cm³/mol. The molecule has 0 heterocycles. The zero-order valence-corrected chi connectivity index (χ0v) is 10.3. The Labute approximate surface area is 108 Å². The van der Waals surface area contributed by atoms with E-state index in [1.165, 1.54) is 12.1 Å². The number of amides is 1. The molecule has 2 rings (SSSR count). The lowest BCUT2D eigenvalue weighted by Gasteiger charge is -2.07. The minimum Gasteiger partial charge on any atom is -0.274 e. The zero-order valence-electron chi connectivity index (χ0n) is 10.3. The van der Waals surface area contributed by atoms with Crippen molar-refractivity contribution in [3.63, 3.8) is 0 Å². The van der Waals surface area contributed by atoms with Crippen LogP contribution in [0.15, 0.2) is 24.3 Å². The first-order valence-corrected chi connectivity index (χ1v) is 6.02. The van der Waals surface area contributed by atoms with Gasteiger partial charge >= 0.3 is 6.18 Å². The Balaban J connectivity index is 1.96. The van der Waals surface area contributed by atoms with Crippen LogP contribution >= 0.6 is 0 Å². The Morgan fingerprint density at radius 1 is 1.37 bits per heavy atom. The highest BCUT2D eigenvalue weighted by molar-refractivity contribution is 5.81. The van der Waals surface area contributed by atoms with E-state index in [1.807, 2.05) is 0 Å². The van der Waals surface area contributed by atoms with Gasteiger partial charge in [-0.1, -0.05) is 12.1 Å². The van der Waals surface area contributed by atoms with Crippen LogP contribution < -0.4 is 5.48 Å². The second-order valence-corrected chi connectivity index (χ2v) is 4.47. The van der Waals surface area contributed by atoms with E-state index in [-0.39, 0.29) is 17.7 Å². The smallest absolute Gasteiger partial charge is 0.274 e. The van der Waals surface area contributed by atoms with Gasteiger partial charge < -0.3 is 0 Å². The molecule has 1 saturated carbocycles. The molecule has 19 heavy (non-hydrogen) atoms. The van der Waals surface area contributed by atoms with Gasteiger partial charge in [-0.2, -0.15) is 13.2 Å². The zero-order chi connectivity index (χ0) is 14.0. The first-order valence-electron chi connectivity index (χ1n) is 6.02. The highest BCUT2D eigenvalue weighted by Gasteiger charge is 2.44. The second-order valence-electron chi connectivity index (χ2n) is 4.47. The van der Waals surface area contributed by atoms with Crippen LogP contribution in [0.1, 0.15) is 30.4 Å². The van der Waals surface area contributed by atoms with Gasteiger partial charge in [0.25, 0.3) is 0 Å². The lowest BCUT2D eigenvalue weighted by Crippen LogP contribution is -2.25. The molecule has 1 aromatic carbocycles. The quantitative estimate of drug-likeness (QED) is 0.857. The minimum absolute atomic E-state index is 0.0114. The summed E-state index contributed by atoms with van der Waals surface area (Å²) in [4.78, 5) is 16.4. The fraction of sp³-hybridized carbons (Fsp3) is 0.462. The van der Waals surface area contributed by atoms with Crippen LogP contribution in [0.5, 0.6) is 0 Å². The average Bonchev–Trinajstić information content (AvgIpc) is 3.15. The maximum Gasteiger partial charge on any atom is 0.416 e. The van der Waals surface area contributed by atoms with Gasteiger partial charge in [0.1, 0.15) is 0 Å². The van der Waals surface area contributed by atoms with Gasteiger partial charge in [-0.3, -0.25) is 9.63 Å². The lowest BCUT2D eigenvalue weighted by atomic mass is 10.1. The summed E-state index contributed by atoms with van der Waals surface area (Å²) >= 11 is 0. The van der Waals surface area contributed by atoms with Crippen LogP contribution in [0, 0.1) is 5.92 Å². The standard InChI is InChI=1S/C13H14F3NO2/c1-2-19-17-12(18)11-7-10(11)8-3-5-9(6-4-8)13(14,15)16/h3-6,10-11H,2,7H2,1H3,(H,17,18). The van der Waals surface area contributed by atoms with Crippen molar-refractivity contribution in [2.45, 2.75) is 25.4 Å². The number of hydrogen-bond donors (Lipinski definition) is 1. The van der Waals surface area contributed by atoms with E-state index in [0.717, 1.165) is 17.7 Å². The molecule has 1 N–H and O–H groups in total. The maximum atomic E-state index is 12.4. The minimum atomic E-state index is -4.33. The third-order valence-corrected chi connectivity index (χ3v) is 3.11. The molecule has 1 aliphatic rings. The summed E-state index contributed by atoms with van der Waals surface area (Å²) in [6, 6.07) is 4.96. The average molecular weight is 273 g/mol. The van der Waals surface area contributed by atoms with Crippen LogP contribution in [-0.4, -0.2) is 12.5 Å². The van der Waals surface area contributed by atoms with Crippen LogP contribution in [-0.2, 0) is 15.8 Å². The van der Waals surface area contributed by atoms with Gasteiger partial charge in [-0.15, -0.1) is 0 Å². The van der Waals surface area contributed by atoms with Gasteiger partial charge in [0.2, 0.25) is 5.91 Å². The maximum absolute atomic E-state index is 12.4. The van der Waals surface area contributed by atoms with Gasteiger partial charge in [0.05, 0.1) is 12.2 Å². The third kappa shape index (κ3) is 3.26. The first kappa shape index (κ1) is 13.9. The lowest BCUT2D eigenvalue weighted by molar-refractivity contribution is -0.137. The van der Waals surface area contributed by atoms with Crippen molar-refractivity contribution in [2.75, 3.05) is 6.61 Å². The number of alkyl halides is 3. The molecule has 0 aromatic heterocycles. The Kier molecular flexibility index (Phi) is 3.80. The first-order chi connectivity index (χ1) is 8.93. The van der Waals surface area contributed by atoms with E-state index in [0.29, 0.717) is 13.0 Å². The van der Waals surface area contributed by atoms with E-state index in [2.05, 4.69) is 5.48 Å². The number of halogens is 3. The van der Waals surface area contributed by atoms with Crippen LogP contribution in [0.3, 0.4) is 0 Å². The van der Waals surface area contributed by atoms with Crippen molar-refractivity contribution >= 4 is 5.91 Å². The molecule has 0 spiro atoms. The number of nitrogens with one attached hydrogen (secondary N) is 1. The predicted octanol–water partition coefficient (Wildman–Crippen LogP) is 2.88. The van der Waals surface area contributed by atoms with Crippen LogP contribution in [0.25, 0.3) is 0 Å². The Hall–Kier alpha value is -1.56. The number of hydrogen-bond acceptors (Lipinski definition) is 2. The monoisotopic (exact) mass is 273 g/mol. The van der Waals surface area contributed by atoms with E-state index in [9.17, 15) is 18.0 Å². The number of carbonyl (C=O) groups excluding carboxylic acids is 1. The molecule has 1 aromatic rings. The molecule has 0 radical (unpaired) electrons. The molecule has 1 aliphatic carbocycles. The van der Waals surface area contributed by atoms with E-state index < -0.39 is 11.7 Å². The molecule has 2 unspecified atom stereocenters. The SMILES string of the molecule is CCONC(=O)C1CC1c1ccc(C(F)(F)F)cc1. The van der Waals surface area contributed by atoms with Gasteiger partial charge in [0, 0.05) is 5.92 Å². The molecule has 6 heteroatoms. The van der Waals surface area contributed by atoms with Crippen molar-refractivity contribution < 1.29 is 22.8 Å². The Bertz CT molecular complexity index is 456. The van der Waals surface area contributed by atoms with E-state index >= 15 is 0 Å². The normalized spacial score (nSPS) is 22.1. The molecule has 0 bridgehead atoms. The molecule has 104 valence electrons. The topological polar surface area (TPSA) is 38.3 Å². The third-order valence-electron chi connectivity index (χ3n) is 3.11. The number of carbonyl (C=O) groups is 1. The molecule has 1 amide bonds. The van der Waals surface area contributed by atoms with Crippen molar-refractivity contribution in [2.24, 2.45) is 5.92 Å². The molecular weight excluding hydrogens is 259 g/mol. The van der Waals surface area contributed by atoms with Crippen molar-refractivity contribution in [3.8, 4) is 0 Å². The van der Waals surface area contributed by atoms with Gasteiger partial charge in [-0.25, -0.2) is 5.48 Å². The summed E-state index contributed by atoms with van der Waals surface area (Å²) < 4.78 is 37.2. The number of hydroxylamine groups is 1. The molecule has 0 saturated heterocycles. The number of benzene rings is 1. The molecule has 0 aliphatic heterocycles. The summed E-state index contributed by atoms with van der Waals surface area (Å²) in [6.07, 6.45) is -3.68. The highest BCUT2D eigenvalue weighted by Crippen LogP contribution is 2.47. The van der Waals surface area contributed by atoms with E-state index in [1.54, 1.807) is 6.92 Å². The van der Waals surface area contributed by atoms with Crippen molar-refractivity contribution in [1.82, 2.24) is 5.48 Å². The Morgan fingerprint density at radius 3 is 2.53 bits per heavy atom. The second kappa shape index (κ2) is 5.21. The van der Waals surface area contributed by atoms with Crippen molar-refractivity contribution in [3.05, 3.63) is 35.4 Å². The molecule has 3 nitrogen and oxygen atoms in total. The van der Waals surface area contributed by atoms with Crippen LogP contribution in [0.2, 0.25) is 0 Å². The Morgan fingerprint density at radius 2 is 2.00 bits per heavy atom. The molecular formula is C13H14F3NO2.